The molecule has 0 aromatic rings. The third-order valence-corrected chi connectivity index (χ3v) is 1.78. The van der Waals surface area contributed by atoms with Crippen molar-refractivity contribution in [1.82, 2.24) is 0 Å². The number of aldehydes is 1. The molecule has 4 heteroatoms. The van der Waals surface area contributed by atoms with Crippen molar-refractivity contribution in [2.45, 2.75) is 5.60 Å². The first-order valence-electron chi connectivity index (χ1n) is 3.38. The van der Waals surface area contributed by atoms with E-state index in [9.17, 15) is 14.7 Å². The number of hydrogen-bond acceptors (Lipinski definition) is 3. The minimum atomic E-state index is -2.07. The van der Waals surface area contributed by atoms with Gasteiger partial charge in [0, 0.05) is 0 Å². The van der Waals surface area contributed by atoms with Gasteiger partial charge in [-0.15, -0.1) is 0 Å². The molecule has 12 heavy (non-hydrogen) atoms. The Morgan fingerprint density at radius 1 is 1.50 bits per heavy atom. The van der Waals surface area contributed by atoms with Gasteiger partial charge in [0.25, 0.3) is 0 Å². The second kappa shape index (κ2) is 2.91. The van der Waals surface area contributed by atoms with E-state index in [2.05, 4.69) is 0 Å². The molecule has 64 valence electrons. The average molecular weight is 168 g/mol. The molecule has 0 spiro atoms. The highest BCUT2D eigenvalue weighted by Gasteiger charge is 2.41. The fourth-order valence-corrected chi connectivity index (χ4v) is 1.01. The summed E-state index contributed by atoms with van der Waals surface area (Å²) in [6.45, 7) is 0. The molecule has 0 aromatic heterocycles. The molecule has 4 nitrogen and oxygen atoms in total. The maximum Gasteiger partial charge on any atom is 0.340 e. The lowest BCUT2D eigenvalue weighted by molar-refractivity contribution is -0.158. The Hall–Kier alpha value is -1.42. The number of aliphatic carboxylic acids is 1. The number of carbonyl (C=O) groups is 2. The fourth-order valence-electron chi connectivity index (χ4n) is 1.01. The van der Waals surface area contributed by atoms with Gasteiger partial charge in [-0.3, -0.25) is 0 Å². The standard InChI is InChI=1S/C8H8O4/c9-5-6-3-1-2-4-8(6,12)7(10)11/h1-6,12H,(H,10,11). The maximum atomic E-state index is 10.6. The van der Waals surface area contributed by atoms with Crippen molar-refractivity contribution in [3.8, 4) is 0 Å². The molecule has 0 amide bonds. The van der Waals surface area contributed by atoms with E-state index in [1.807, 2.05) is 0 Å². The molecular formula is C8H8O4. The number of carboxylic acids is 1. The summed E-state index contributed by atoms with van der Waals surface area (Å²) in [6, 6.07) is 0. The summed E-state index contributed by atoms with van der Waals surface area (Å²) >= 11 is 0. The van der Waals surface area contributed by atoms with Crippen molar-refractivity contribution >= 4 is 12.3 Å². The molecule has 0 saturated heterocycles. The molecule has 0 aliphatic heterocycles. The molecule has 2 atom stereocenters. The van der Waals surface area contributed by atoms with Crippen molar-refractivity contribution in [3.63, 3.8) is 0 Å². The van der Waals surface area contributed by atoms with Crippen LogP contribution in [0.1, 0.15) is 0 Å². The van der Waals surface area contributed by atoms with Gasteiger partial charge in [0.2, 0.25) is 0 Å². The van der Waals surface area contributed by atoms with Gasteiger partial charge in [-0.25, -0.2) is 4.79 Å². The molecule has 0 aromatic carbocycles. The van der Waals surface area contributed by atoms with Crippen molar-refractivity contribution in [3.05, 3.63) is 24.3 Å². The Labute approximate surface area is 68.8 Å². The van der Waals surface area contributed by atoms with Crippen LogP contribution in [0.2, 0.25) is 0 Å². The lowest BCUT2D eigenvalue weighted by atomic mass is 9.85. The van der Waals surface area contributed by atoms with Crippen LogP contribution >= 0.6 is 0 Å². The third-order valence-electron chi connectivity index (χ3n) is 1.78. The van der Waals surface area contributed by atoms with Crippen LogP contribution in [0.3, 0.4) is 0 Å². The van der Waals surface area contributed by atoms with Gasteiger partial charge in [-0.1, -0.05) is 18.2 Å². The van der Waals surface area contributed by atoms with Crippen LogP contribution in [0.15, 0.2) is 24.3 Å². The van der Waals surface area contributed by atoms with Crippen LogP contribution in [0.25, 0.3) is 0 Å². The molecule has 1 rings (SSSR count). The van der Waals surface area contributed by atoms with E-state index < -0.39 is 17.5 Å². The lowest BCUT2D eigenvalue weighted by Crippen LogP contribution is -2.44. The van der Waals surface area contributed by atoms with Gasteiger partial charge < -0.3 is 15.0 Å². The number of carbonyl (C=O) groups excluding carboxylic acids is 1. The number of rotatable bonds is 2. The van der Waals surface area contributed by atoms with E-state index in [-0.39, 0.29) is 0 Å². The summed E-state index contributed by atoms with van der Waals surface area (Å²) < 4.78 is 0. The largest absolute Gasteiger partial charge is 0.479 e. The smallest absolute Gasteiger partial charge is 0.340 e. The van der Waals surface area contributed by atoms with Crippen LogP contribution in [0, 0.1) is 5.92 Å². The Balaban J connectivity index is 3.02. The molecule has 2 N–H and O–H groups in total. The quantitative estimate of drug-likeness (QED) is 0.557. The minimum absolute atomic E-state index is 0.411. The second-order valence-corrected chi connectivity index (χ2v) is 2.54. The van der Waals surface area contributed by atoms with E-state index >= 15 is 0 Å². The predicted molar refractivity (Wildman–Crippen MR) is 40.4 cm³/mol. The summed E-state index contributed by atoms with van der Waals surface area (Å²) in [5, 5.41) is 18.0. The summed E-state index contributed by atoms with van der Waals surface area (Å²) in [5.74, 6) is -2.42. The Kier molecular flexibility index (Phi) is 2.10. The van der Waals surface area contributed by atoms with Gasteiger partial charge >= 0.3 is 5.97 Å². The first-order valence-corrected chi connectivity index (χ1v) is 3.38. The van der Waals surface area contributed by atoms with Crippen LogP contribution in [-0.4, -0.2) is 28.1 Å². The van der Waals surface area contributed by atoms with Crippen molar-refractivity contribution < 1.29 is 19.8 Å². The second-order valence-electron chi connectivity index (χ2n) is 2.54. The highest BCUT2D eigenvalue weighted by atomic mass is 16.4. The molecule has 0 bridgehead atoms. The van der Waals surface area contributed by atoms with Gasteiger partial charge in [0.05, 0.1) is 5.92 Å². The normalized spacial score (nSPS) is 33.2. The number of carboxylic acid groups (broad SMARTS) is 1. The SMILES string of the molecule is O=CC1C=CC=CC1(O)C(=O)O. The Morgan fingerprint density at radius 3 is 2.58 bits per heavy atom. The van der Waals surface area contributed by atoms with Gasteiger partial charge in [-0.2, -0.15) is 0 Å². The zero-order chi connectivity index (χ0) is 9.19. The predicted octanol–water partition coefficient (Wildman–Crippen LogP) is -0.257. The van der Waals surface area contributed by atoms with Crippen molar-refractivity contribution in [2.24, 2.45) is 5.92 Å². The van der Waals surface area contributed by atoms with E-state index in [1.54, 1.807) is 0 Å². The Morgan fingerprint density at radius 2 is 2.17 bits per heavy atom. The number of hydrogen-bond donors (Lipinski definition) is 2. The lowest BCUT2D eigenvalue weighted by Gasteiger charge is -2.24. The van der Waals surface area contributed by atoms with E-state index in [0.29, 0.717) is 6.29 Å². The first-order chi connectivity index (χ1) is 5.61. The van der Waals surface area contributed by atoms with Crippen molar-refractivity contribution in [2.75, 3.05) is 0 Å². The van der Waals surface area contributed by atoms with Crippen molar-refractivity contribution in [1.29, 1.82) is 0 Å². The van der Waals surface area contributed by atoms with Crippen LogP contribution < -0.4 is 0 Å². The molecule has 1 aliphatic rings. The highest BCUT2D eigenvalue weighted by molar-refractivity contribution is 5.86. The summed E-state index contributed by atoms with van der Waals surface area (Å²) in [7, 11) is 0. The highest BCUT2D eigenvalue weighted by Crippen LogP contribution is 2.22. The maximum absolute atomic E-state index is 10.6. The zero-order valence-corrected chi connectivity index (χ0v) is 6.18. The fraction of sp³-hybridized carbons (Fsp3) is 0.250. The van der Waals surface area contributed by atoms with Gasteiger partial charge in [0.15, 0.2) is 5.60 Å². The molecule has 2 unspecified atom stereocenters. The molecule has 0 radical (unpaired) electrons. The molecule has 0 saturated carbocycles. The molecular weight excluding hydrogens is 160 g/mol. The van der Waals surface area contributed by atoms with Crippen LogP contribution in [0.5, 0.6) is 0 Å². The first kappa shape index (κ1) is 8.67. The van der Waals surface area contributed by atoms with E-state index in [1.165, 1.54) is 18.2 Å². The van der Waals surface area contributed by atoms with E-state index in [0.717, 1.165) is 6.08 Å². The minimum Gasteiger partial charge on any atom is -0.479 e. The molecule has 0 heterocycles. The van der Waals surface area contributed by atoms with Crippen LogP contribution in [0.4, 0.5) is 0 Å². The van der Waals surface area contributed by atoms with Crippen LogP contribution in [-0.2, 0) is 9.59 Å². The molecule has 1 aliphatic carbocycles. The van der Waals surface area contributed by atoms with Gasteiger partial charge in [0.1, 0.15) is 6.29 Å². The number of allylic oxidation sites excluding steroid dienone is 2. The number of aliphatic hydroxyl groups is 1. The van der Waals surface area contributed by atoms with E-state index in [4.69, 9.17) is 5.11 Å². The molecule has 0 fully saturated rings. The monoisotopic (exact) mass is 168 g/mol. The third kappa shape index (κ3) is 1.16. The summed E-state index contributed by atoms with van der Waals surface area (Å²) in [6.07, 6.45) is 5.77. The summed E-state index contributed by atoms with van der Waals surface area (Å²) in [4.78, 5) is 20.9. The Bertz CT molecular complexity index is 266. The summed E-state index contributed by atoms with van der Waals surface area (Å²) in [5.41, 5.74) is -2.07. The average Bonchev–Trinajstić information content (AvgIpc) is 2.05. The van der Waals surface area contributed by atoms with Gasteiger partial charge in [-0.05, 0) is 6.08 Å². The zero-order valence-electron chi connectivity index (χ0n) is 6.18. The topological polar surface area (TPSA) is 74.6 Å².